The molecule has 1 aromatic carbocycles. The fourth-order valence-corrected chi connectivity index (χ4v) is 2.93. The molecule has 1 rings (SSSR count). The van der Waals surface area contributed by atoms with Crippen molar-refractivity contribution in [1.29, 1.82) is 0 Å². The summed E-state index contributed by atoms with van der Waals surface area (Å²) in [5.74, 6) is 0. The summed E-state index contributed by atoms with van der Waals surface area (Å²) in [6, 6.07) is 3.68. The van der Waals surface area contributed by atoms with E-state index < -0.39 is 9.85 Å². The molecule has 0 unspecified atom stereocenters. The maximum Gasteiger partial charge on any atom is 0.290 e. The Morgan fingerprint density at radius 1 is 1.18 bits per heavy atom. The number of nitro benzene ring substituents is 2. The van der Waals surface area contributed by atoms with Gasteiger partial charge in [0, 0.05) is 11.3 Å². The fourth-order valence-electron chi connectivity index (χ4n) is 0.981. The zero-order chi connectivity index (χ0) is 13.0. The van der Waals surface area contributed by atoms with Crippen LogP contribution in [0.15, 0.2) is 23.1 Å². The first-order valence-electron chi connectivity index (χ1n) is 4.68. The number of hydrogen-bond acceptors (Lipinski definition) is 6. The molecule has 0 radical (unpaired) electrons. The third-order valence-electron chi connectivity index (χ3n) is 1.68. The molecule has 6 nitrogen and oxygen atoms in total. The maximum absolute atomic E-state index is 10.8. The molecule has 0 saturated carbocycles. The number of benzene rings is 1. The predicted molar refractivity (Wildman–Crippen MR) is 68.3 cm³/mol. The highest BCUT2D eigenvalue weighted by molar-refractivity contribution is 8.77. The van der Waals surface area contributed by atoms with E-state index in [1.807, 2.05) is 13.8 Å². The van der Waals surface area contributed by atoms with E-state index >= 15 is 0 Å². The van der Waals surface area contributed by atoms with Gasteiger partial charge >= 0.3 is 0 Å². The molecule has 0 aliphatic rings. The van der Waals surface area contributed by atoms with E-state index in [1.165, 1.54) is 33.7 Å². The zero-order valence-electron chi connectivity index (χ0n) is 9.15. The summed E-state index contributed by atoms with van der Waals surface area (Å²) < 4.78 is 0. The maximum atomic E-state index is 10.8. The normalized spacial score (nSPS) is 10.5. The molecule has 0 heterocycles. The van der Waals surface area contributed by atoms with E-state index in [4.69, 9.17) is 0 Å². The highest BCUT2D eigenvalue weighted by atomic mass is 33.1. The van der Waals surface area contributed by atoms with Crippen LogP contribution >= 0.6 is 21.6 Å². The SMILES string of the molecule is CC(C)SSc1ccc([N+](=O)[O-])cc1[N+](=O)[O-]. The summed E-state index contributed by atoms with van der Waals surface area (Å²) in [7, 11) is 2.73. The lowest BCUT2D eigenvalue weighted by molar-refractivity contribution is -0.396. The van der Waals surface area contributed by atoms with Crippen LogP contribution in [0.1, 0.15) is 13.8 Å². The Bertz CT molecular complexity index is 451. The minimum absolute atomic E-state index is 0.225. The Hall–Kier alpha value is -1.28. The number of nitrogens with zero attached hydrogens (tertiary/aromatic N) is 2. The van der Waals surface area contributed by atoms with Crippen LogP contribution in [0.4, 0.5) is 11.4 Å². The van der Waals surface area contributed by atoms with Crippen molar-refractivity contribution in [3.8, 4) is 0 Å². The molecule has 0 aliphatic heterocycles. The van der Waals surface area contributed by atoms with Crippen molar-refractivity contribution in [3.05, 3.63) is 38.4 Å². The van der Waals surface area contributed by atoms with E-state index in [-0.39, 0.29) is 11.4 Å². The van der Waals surface area contributed by atoms with E-state index in [0.717, 1.165) is 6.07 Å². The molecule has 0 N–H and O–H groups in total. The molecule has 0 amide bonds. The Morgan fingerprint density at radius 3 is 2.29 bits per heavy atom. The second-order valence-corrected chi connectivity index (χ2v) is 6.21. The smallest absolute Gasteiger partial charge is 0.258 e. The molecular formula is C9H10N2O4S2. The van der Waals surface area contributed by atoms with Crippen molar-refractivity contribution in [3.63, 3.8) is 0 Å². The molecule has 1 aromatic rings. The van der Waals surface area contributed by atoms with Crippen LogP contribution in [-0.4, -0.2) is 15.1 Å². The van der Waals surface area contributed by atoms with Gasteiger partial charge in [-0.1, -0.05) is 35.4 Å². The molecule has 0 atom stereocenters. The van der Waals surface area contributed by atoms with Gasteiger partial charge in [-0.2, -0.15) is 0 Å². The average molecular weight is 274 g/mol. The van der Waals surface area contributed by atoms with Crippen LogP contribution in [0.5, 0.6) is 0 Å². The van der Waals surface area contributed by atoms with Gasteiger partial charge in [-0.25, -0.2) is 0 Å². The highest BCUT2D eigenvalue weighted by Gasteiger charge is 2.20. The number of nitro groups is 2. The lowest BCUT2D eigenvalue weighted by Gasteiger charge is -2.04. The number of hydrogen-bond donors (Lipinski definition) is 0. The second-order valence-electron chi connectivity index (χ2n) is 3.39. The standard InChI is InChI=1S/C9H10N2O4S2/c1-6(2)16-17-9-4-3-7(10(12)13)5-8(9)11(14)15/h3-6H,1-2H3. The Kier molecular flexibility index (Phi) is 4.76. The highest BCUT2D eigenvalue weighted by Crippen LogP contribution is 2.40. The van der Waals surface area contributed by atoms with Gasteiger partial charge in [0.25, 0.3) is 11.4 Å². The molecule has 0 saturated heterocycles. The summed E-state index contributed by atoms with van der Waals surface area (Å²) >= 11 is 0. The Morgan fingerprint density at radius 2 is 1.82 bits per heavy atom. The molecule has 0 bridgehead atoms. The predicted octanol–water partition coefficient (Wildman–Crippen LogP) is 3.65. The zero-order valence-corrected chi connectivity index (χ0v) is 10.8. The quantitative estimate of drug-likeness (QED) is 0.462. The minimum atomic E-state index is -0.642. The van der Waals surface area contributed by atoms with Crippen LogP contribution < -0.4 is 0 Å². The summed E-state index contributed by atoms with van der Waals surface area (Å²) in [6.45, 7) is 3.93. The fraction of sp³-hybridized carbons (Fsp3) is 0.333. The summed E-state index contributed by atoms with van der Waals surface area (Å²) in [6.07, 6.45) is 0. The largest absolute Gasteiger partial charge is 0.290 e. The molecule has 0 aliphatic carbocycles. The van der Waals surface area contributed by atoms with Gasteiger partial charge in [0.15, 0.2) is 0 Å². The first kappa shape index (κ1) is 13.8. The minimum Gasteiger partial charge on any atom is -0.258 e. The number of non-ortho nitro benzene ring substituents is 1. The Labute approximate surface area is 105 Å². The average Bonchev–Trinajstić information content (AvgIpc) is 2.25. The second kappa shape index (κ2) is 5.87. The third kappa shape index (κ3) is 3.90. The number of rotatable bonds is 5. The van der Waals surface area contributed by atoms with Crippen molar-refractivity contribution in [2.75, 3.05) is 0 Å². The van der Waals surface area contributed by atoms with E-state index in [2.05, 4.69) is 0 Å². The van der Waals surface area contributed by atoms with E-state index in [1.54, 1.807) is 0 Å². The van der Waals surface area contributed by atoms with Gasteiger partial charge in [-0.15, -0.1) is 0 Å². The van der Waals surface area contributed by atoms with Crippen LogP contribution in [0.3, 0.4) is 0 Å². The molecule has 92 valence electrons. The van der Waals surface area contributed by atoms with Crippen molar-refractivity contribution in [1.82, 2.24) is 0 Å². The first-order chi connectivity index (χ1) is 7.91. The molecule has 0 fully saturated rings. The third-order valence-corrected chi connectivity index (χ3v) is 4.67. The van der Waals surface area contributed by atoms with Gasteiger partial charge in [0.05, 0.1) is 20.8 Å². The van der Waals surface area contributed by atoms with E-state index in [0.29, 0.717) is 10.1 Å². The molecular weight excluding hydrogens is 264 g/mol. The van der Waals surface area contributed by atoms with Crippen molar-refractivity contribution in [2.24, 2.45) is 0 Å². The Balaban J connectivity index is 3.04. The summed E-state index contributed by atoms with van der Waals surface area (Å²) in [4.78, 5) is 20.5. The van der Waals surface area contributed by atoms with Crippen molar-refractivity contribution < 1.29 is 9.85 Å². The molecule has 0 aromatic heterocycles. The topological polar surface area (TPSA) is 86.3 Å². The van der Waals surface area contributed by atoms with Crippen molar-refractivity contribution >= 4 is 33.0 Å². The molecule has 0 spiro atoms. The van der Waals surface area contributed by atoms with Crippen LogP contribution in [0.25, 0.3) is 0 Å². The summed E-state index contributed by atoms with van der Waals surface area (Å²) in [5, 5.41) is 21.6. The van der Waals surface area contributed by atoms with Crippen LogP contribution in [-0.2, 0) is 0 Å². The van der Waals surface area contributed by atoms with Gasteiger partial charge < -0.3 is 0 Å². The van der Waals surface area contributed by atoms with Gasteiger partial charge in [-0.05, 0) is 6.07 Å². The van der Waals surface area contributed by atoms with Gasteiger partial charge in [0.2, 0.25) is 0 Å². The lowest BCUT2D eigenvalue weighted by atomic mass is 10.3. The lowest BCUT2D eigenvalue weighted by Crippen LogP contribution is -1.94. The molecule has 8 heteroatoms. The first-order valence-corrected chi connectivity index (χ1v) is 6.89. The van der Waals surface area contributed by atoms with Crippen molar-refractivity contribution in [2.45, 2.75) is 24.0 Å². The monoisotopic (exact) mass is 274 g/mol. The van der Waals surface area contributed by atoms with Gasteiger partial charge in [0.1, 0.15) is 0 Å². The molecule has 17 heavy (non-hydrogen) atoms. The van der Waals surface area contributed by atoms with Crippen LogP contribution in [0.2, 0.25) is 0 Å². The summed E-state index contributed by atoms with van der Waals surface area (Å²) in [5.41, 5.74) is -0.493. The van der Waals surface area contributed by atoms with Gasteiger partial charge in [-0.3, -0.25) is 20.2 Å². The van der Waals surface area contributed by atoms with E-state index in [9.17, 15) is 20.2 Å². The van der Waals surface area contributed by atoms with Crippen LogP contribution in [0, 0.1) is 20.2 Å².